The van der Waals surface area contributed by atoms with Crippen molar-refractivity contribution in [1.29, 1.82) is 0 Å². The van der Waals surface area contributed by atoms with Crippen LogP contribution in [0.2, 0.25) is 0 Å². The van der Waals surface area contributed by atoms with E-state index in [4.69, 9.17) is 4.42 Å². The first kappa shape index (κ1) is 17.8. The predicted octanol–water partition coefficient (Wildman–Crippen LogP) is 4.21. The van der Waals surface area contributed by atoms with E-state index in [1.807, 2.05) is 37.3 Å². The third-order valence-corrected chi connectivity index (χ3v) is 4.85. The topological polar surface area (TPSA) is 70.8 Å². The number of likely N-dealkylation sites (tertiary alicyclic amines) is 1. The van der Waals surface area contributed by atoms with E-state index in [9.17, 15) is 14.7 Å². The number of amides is 1. The van der Waals surface area contributed by atoms with Crippen molar-refractivity contribution in [2.45, 2.75) is 19.5 Å². The zero-order valence-corrected chi connectivity index (χ0v) is 15.3. The second-order valence-corrected chi connectivity index (χ2v) is 6.79. The molecule has 28 heavy (non-hydrogen) atoms. The van der Waals surface area contributed by atoms with E-state index in [2.05, 4.69) is 0 Å². The lowest BCUT2D eigenvalue weighted by molar-refractivity contribution is -0.140. The fourth-order valence-electron chi connectivity index (χ4n) is 3.55. The van der Waals surface area contributed by atoms with E-state index in [0.717, 1.165) is 11.1 Å². The molecule has 1 N–H and O–H groups in total. The van der Waals surface area contributed by atoms with Crippen molar-refractivity contribution in [2.24, 2.45) is 0 Å². The van der Waals surface area contributed by atoms with E-state index in [1.54, 1.807) is 36.4 Å². The summed E-state index contributed by atoms with van der Waals surface area (Å²) >= 11 is 0. The number of hydrogen-bond acceptors (Lipinski definition) is 4. The van der Waals surface area contributed by atoms with Crippen LogP contribution < -0.4 is 0 Å². The molecule has 5 nitrogen and oxygen atoms in total. The molecule has 1 unspecified atom stereocenters. The van der Waals surface area contributed by atoms with E-state index in [-0.39, 0.29) is 17.9 Å². The fourth-order valence-corrected chi connectivity index (χ4v) is 3.55. The van der Waals surface area contributed by atoms with Gasteiger partial charge < -0.3 is 14.4 Å². The third-order valence-electron chi connectivity index (χ3n) is 4.85. The van der Waals surface area contributed by atoms with Crippen LogP contribution in [0.25, 0.3) is 5.76 Å². The SMILES string of the molecule is Cc1cccc(C2/C(=C(/O)c3ccccc3)C(=O)C(=O)N2Cc2ccco2)c1. The van der Waals surface area contributed by atoms with Gasteiger partial charge in [-0.3, -0.25) is 9.59 Å². The highest BCUT2D eigenvalue weighted by Crippen LogP contribution is 2.40. The second kappa shape index (κ2) is 7.19. The van der Waals surface area contributed by atoms with Crippen LogP contribution in [0.5, 0.6) is 0 Å². The number of aliphatic hydroxyl groups excluding tert-OH is 1. The smallest absolute Gasteiger partial charge is 0.296 e. The maximum Gasteiger partial charge on any atom is 0.296 e. The van der Waals surface area contributed by atoms with E-state index in [0.29, 0.717) is 11.3 Å². The minimum Gasteiger partial charge on any atom is -0.507 e. The van der Waals surface area contributed by atoms with Gasteiger partial charge in [-0.05, 0) is 24.6 Å². The Morgan fingerprint density at radius 3 is 2.50 bits per heavy atom. The molecule has 0 bridgehead atoms. The van der Waals surface area contributed by atoms with Gasteiger partial charge in [0.25, 0.3) is 11.7 Å². The molecule has 1 fully saturated rings. The highest BCUT2D eigenvalue weighted by atomic mass is 16.3. The molecule has 4 rings (SSSR count). The summed E-state index contributed by atoms with van der Waals surface area (Å²) in [5.41, 5.74) is 2.36. The number of furan rings is 1. The van der Waals surface area contributed by atoms with E-state index < -0.39 is 17.7 Å². The molecule has 0 spiro atoms. The molecule has 1 amide bonds. The van der Waals surface area contributed by atoms with Crippen molar-refractivity contribution < 1.29 is 19.1 Å². The Morgan fingerprint density at radius 2 is 1.82 bits per heavy atom. The van der Waals surface area contributed by atoms with Crippen molar-refractivity contribution in [1.82, 2.24) is 4.90 Å². The molecule has 5 heteroatoms. The van der Waals surface area contributed by atoms with Crippen LogP contribution in [0.15, 0.2) is 83.0 Å². The van der Waals surface area contributed by atoms with Gasteiger partial charge in [-0.1, -0.05) is 60.2 Å². The Balaban J connectivity index is 1.88. The monoisotopic (exact) mass is 373 g/mol. The summed E-state index contributed by atoms with van der Waals surface area (Å²) in [6.45, 7) is 2.08. The number of aliphatic hydroxyl groups is 1. The van der Waals surface area contributed by atoms with Crippen LogP contribution in [0, 0.1) is 6.92 Å². The Kier molecular flexibility index (Phi) is 4.57. The lowest BCUT2D eigenvalue weighted by Gasteiger charge is -2.24. The summed E-state index contributed by atoms with van der Waals surface area (Å²) in [4.78, 5) is 27.2. The first-order valence-electron chi connectivity index (χ1n) is 8.99. The number of aryl methyl sites for hydroxylation is 1. The number of ketones is 1. The molecule has 0 radical (unpaired) electrons. The fraction of sp³-hybridized carbons (Fsp3) is 0.130. The molecule has 3 aromatic rings. The van der Waals surface area contributed by atoms with Crippen LogP contribution in [0.1, 0.15) is 28.5 Å². The lowest BCUT2D eigenvalue weighted by atomic mass is 9.94. The van der Waals surface area contributed by atoms with Gasteiger partial charge in [-0.25, -0.2) is 0 Å². The number of hydrogen-bond donors (Lipinski definition) is 1. The van der Waals surface area contributed by atoms with Crippen LogP contribution in [0.3, 0.4) is 0 Å². The quantitative estimate of drug-likeness (QED) is 0.422. The van der Waals surface area contributed by atoms with Gasteiger partial charge in [0.05, 0.1) is 24.4 Å². The second-order valence-electron chi connectivity index (χ2n) is 6.79. The number of carbonyl (C=O) groups is 2. The number of carbonyl (C=O) groups excluding carboxylic acids is 2. The lowest BCUT2D eigenvalue weighted by Crippen LogP contribution is -2.29. The summed E-state index contributed by atoms with van der Waals surface area (Å²) in [7, 11) is 0. The molecular formula is C23H19NO4. The Hall–Kier alpha value is -3.60. The van der Waals surface area contributed by atoms with Crippen molar-refractivity contribution in [3.05, 3.63) is 101 Å². The van der Waals surface area contributed by atoms with Crippen molar-refractivity contribution >= 4 is 17.4 Å². The van der Waals surface area contributed by atoms with Gasteiger partial charge in [0.1, 0.15) is 11.5 Å². The van der Waals surface area contributed by atoms with Gasteiger partial charge in [0, 0.05) is 5.56 Å². The molecule has 2 heterocycles. The average Bonchev–Trinajstić information content (AvgIpc) is 3.30. The van der Waals surface area contributed by atoms with Crippen LogP contribution in [0.4, 0.5) is 0 Å². The van der Waals surface area contributed by atoms with Gasteiger partial charge in [-0.2, -0.15) is 0 Å². The van der Waals surface area contributed by atoms with E-state index >= 15 is 0 Å². The molecular weight excluding hydrogens is 354 g/mol. The van der Waals surface area contributed by atoms with Gasteiger partial charge in [-0.15, -0.1) is 0 Å². The Labute approximate surface area is 162 Å². The maximum absolute atomic E-state index is 12.9. The molecule has 1 aromatic heterocycles. The molecule has 0 aliphatic carbocycles. The maximum atomic E-state index is 12.9. The van der Waals surface area contributed by atoms with Gasteiger partial charge in [0.15, 0.2) is 0 Å². The molecule has 1 saturated heterocycles. The molecule has 1 atom stereocenters. The normalized spacial score (nSPS) is 18.6. The number of nitrogens with zero attached hydrogens (tertiary/aromatic N) is 1. The Bertz CT molecular complexity index is 1050. The molecule has 1 aliphatic heterocycles. The summed E-state index contributed by atoms with van der Waals surface area (Å²) < 4.78 is 5.38. The van der Waals surface area contributed by atoms with Crippen molar-refractivity contribution in [3.63, 3.8) is 0 Å². The zero-order valence-electron chi connectivity index (χ0n) is 15.3. The van der Waals surface area contributed by atoms with Crippen molar-refractivity contribution in [3.8, 4) is 0 Å². The highest BCUT2D eigenvalue weighted by Gasteiger charge is 2.46. The highest BCUT2D eigenvalue weighted by molar-refractivity contribution is 6.46. The minimum atomic E-state index is -0.695. The summed E-state index contributed by atoms with van der Waals surface area (Å²) in [6.07, 6.45) is 1.53. The predicted molar refractivity (Wildman–Crippen MR) is 104 cm³/mol. The average molecular weight is 373 g/mol. The molecule has 2 aromatic carbocycles. The number of benzene rings is 2. The van der Waals surface area contributed by atoms with Gasteiger partial charge >= 0.3 is 0 Å². The van der Waals surface area contributed by atoms with Crippen LogP contribution in [-0.2, 0) is 16.1 Å². The zero-order chi connectivity index (χ0) is 19.7. The van der Waals surface area contributed by atoms with Crippen LogP contribution >= 0.6 is 0 Å². The molecule has 1 aliphatic rings. The number of rotatable bonds is 4. The van der Waals surface area contributed by atoms with Crippen molar-refractivity contribution in [2.75, 3.05) is 0 Å². The standard InChI is InChI=1S/C23H19NO4/c1-15-7-5-10-17(13-15)20-19(21(25)16-8-3-2-4-9-16)22(26)23(27)24(20)14-18-11-6-12-28-18/h2-13,20,25H,14H2,1H3/b21-19-. The molecule has 140 valence electrons. The summed E-state index contributed by atoms with van der Waals surface area (Å²) in [6, 6.07) is 19.2. The number of Topliss-reactive ketones (excluding diaryl/α,β-unsaturated/α-hetero) is 1. The largest absolute Gasteiger partial charge is 0.507 e. The summed E-state index contributed by atoms with van der Waals surface area (Å²) in [5.74, 6) is -0.952. The first-order valence-corrected chi connectivity index (χ1v) is 8.99. The van der Waals surface area contributed by atoms with Crippen LogP contribution in [-0.4, -0.2) is 21.7 Å². The first-order chi connectivity index (χ1) is 13.6. The molecule has 0 saturated carbocycles. The minimum absolute atomic E-state index is 0.0911. The van der Waals surface area contributed by atoms with E-state index in [1.165, 1.54) is 11.2 Å². The third kappa shape index (κ3) is 3.11. The summed E-state index contributed by atoms with van der Waals surface area (Å²) in [5, 5.41) is 10.9. The Morgan fingerprint density at radius 1 is 1.04 bits per heavy atom. The van der Waals surface area contributed by atoms with Gasteiger partial charge in [0.2, 0.25) is 0 Å².